The number of hydrogen-bond donors (Lipinski definition) is 0. The van der Waals surface area contributed by atoms with Crippen LogP contribution in [0.2, 0.25) is 0 Å². The molecule has 2 aromatic rings. The van der Waals surface area contributed by atoms with Crippen molar-refractivity contribution in [3.05, 3.63) is 65.2 Å². The zero-order chi connectivity index (χ0) is 17.5. The van der Waals surface area contributed by atoms with Crippen LogP contribution in [0.25, 0.3) is 0 Å². The van der Waals surface area contributed by atoms with Crippen molar-refractivity contribution < 1.29 is 19.0 Å². The van der Waals surface area contributed by atoms with Crippen LogP contribution in [0.5, 0.6) is 5.75 Å². The van der Waals surface area contributed by atoms with Gasteiger partial charge in [-0.25, -0.2) is 4.79 Å². The Hall–Kier alpha value is -2.84. The lowest BCUT2D eigenvalue weighted by molar-refractivity contribution is 0.0472. The molecule has 25 heavy (non-hydrogen) atoms. The van der Waals surface area contributed by atoms with Crippen molar-refractivity contribution in [3.63, 3.8) is 0 Å². The van der Waals surface area contributed by atoms with Gasteiger partial charge >= 0.3 is 5.97 Å². The second kappa shape index (κ2) is 8.32. The fourth-order valence-electron chi connectivity index (χ4n) is 2.63. The molecule has 1 heterocycles. The molecular formula is C20H19NO4. The number of rotatable bonds is 6. The van der Waals surface area contributed by atoms with Crippen LogP contribution in [0.1, 0.15) is 34.3 Å². The Bertz CT molecular complexity index is 758. The van der Waals surface area contributed by atoms with Crippen molar-refractivity contribution in [2.24, 2.45) is 0 Å². The van der Waals surface area contributed by atoms with Gasteiger partial charge in [-0.1, -0.05) is 18.2 Å². The molecule has 3 rings (SSSR count). The fourth-order valence-corrected chi connectivity index (χ4v) is 2.63. The first-order valence-electron chi connectivity index (χ1n) is 8.26. The van der Waals surface area contributed by atoms with Gasteiger partial charge in [-0.15, -0.1) is 0 Å². The van der Waals surface area contributed by atoms with Crippen LogP contribution in [0.4, 0.5) is 0 Å². The van der Waals surface area contributed by atoms with E-state index in [1.807, 2.05) is 6.07 Å². The minimum absolute atomic E-state index is 0.0693. The maximum Gasteiger partial charge on any atom is 0.338 e. The summed E-state index contributed by atoms with van der Waals surface area (Å²) < 4.78 is 16.5. The van der Waals surface area contributed by atoms with E-state index in [-0.39, 0.29) is 12.7 Å². The minimum atomic E-state index is -0.432. The van der Waals surface area contributed by atoms with E-state index in [4.69, 9.17) is 19.5 Å². The van der Waals surface area contributed by atoms with Crippen LogP contribution >= 0.6 is 0 Å². The van der Waals surface area contributed by atoms with Gasteiger partial charge in [0.2, 0.25) is 0 Å². The summed E-state index contributed by atoms with van der Waals surface area (Å²) in [6.07, 6.45) is 2.26. The van der Waals surface area contributed by atoms with E-state index in [9.17, 15) is 4.79 Å². The van der Waals surface area contributed by atoms with Crippen molar-refractivity contribution in [1.29, 1.82) is 5.26 Å². The highest BCUT2D eigenvalue weighted by Gasteiger charge is 2.16. The molecule has 0 aliphatic carbocycles. The van der Waals surface area contributed by atoms with Gasteiger partial charge in [0.1, 0.15) is 19.0 Å². The summed E-state index contributed by atoms with van der Waals surface area (Å²) in [4.78, 5) is 12.1. The van der Waals surface area contributed by atoms with Crippen LogP contribution in [-0.4, -0.2) is 25.3 Å². The number of nitriles is 1. The molecule has 1 atom stereocenters. The number of carbonyl (C=O) groups is 1. The molecule has 1 aliphatic heterocycles. The third kappa shape index (κ3) is 4.59. The Labute approximate surface area is 146 Å². The third-order valence-electron chi connectivity index (χ3n) is 4.05. The van der Waals surface area contributed by atoms with Gasteiger partial charge < -0.3 is 14.2 Å². The lowest BCUT2D eigenvalue weighted by Gasteiger charge is -2.11. The summed E-state index contributed by atoms with van der Waals surface area (Å²) in [7, 11) is 0. The lowest BCUT2D eigenvalue weighted by Crippen LogP contribution is -2.16. The Morgan fingerprint density at radius 2 is 2.00 bits per heavy atom. The summed E-state index contributed by atoms with van der Waals surface area (Å²) in [6, 6.07) is 16.0. The molecule has 0 bridgehead atoms. The number of carbonyl (C=O) groups excluding carboxylic acids is 1. The van der Waals surface area contributed by atoms with Crippen molar-refractivity contribution >= 4 is 5.97 Å². The quantitative estimate of drug-likeness (QED) is 0.755. The largest absolute Gasteiger partial charge is 0.491 e. The zero-order valence-electron chi connectivity index (χ0n) is 13.8. The molecule has 0 radical (unpaired) electrons. The molecule has 1 fully saturated rings. The molecule has 1 saturated heterocycles. The Kier molecular flexibility index (Phi) is 5.65. The predicted octanol–water partition coefficient (Wildman–Crippen LogP) is 3.47. The van der Waals surface area contributed by atoms with Gasteiger partial charge in [0.05, 0.1) is 23.3 Å². The SMILES string of the molecule is N#Cc1ccccc1COC(=O)c1ccc(OC[C@H]2CCCO2)cc1. The summed E-state index contributed by atoms with van der Waals surface area (Å²) in [5.41, 5.74) is 1.64. The highest BCUT2D eigenvalue weighted by atomic mass is 16.5. The molecule has 0 saturated carbocycles. The number of esters is 1. The lowest BCUT2D eigenvalue weighted by atomic mass is 10.1. The minimum Gasteiger partial charge on any atom is -0.491 e. The van der Waals surface area contributed by atoms with Crippen molar-refractivity contribution in [3.8, 4) is 11.8 Å². The van der Waals surface area contributed by atoms with Crippen LogP contribution in [-0.2, 0) is 16.1 Å². The maximum atomic E-state index is 12.1. The first kappa shape index (κ1) is 17.0. The van der Waals surface area contributed by atoms with Gasteiger partial charge in [0.15, 0.2) is 0 Å². The monoisotopic (exact) mass is 337 g/mol. The standard InChI is InChI=1S/C20H19NO4/c21-12-16-4-1-2-5-17(16)13-25-20(22)15-7-9-18(10-8-15)24-14-19-6-3-11-23-19/h1-2,4-5,7-10,19H,3,6,11,13-14H2/t19-/m1/s1. The van der Waals surface area contributed by atoms with Gasteiger partial charge in [-0.05, 0) is 43.2 Å². The summed E-state index contributed by atoms with van der Waals surface area (Å²) >= 11 is 0. The van der Waals surface area contributed by atoms with Gasteiger partial charge in [-0.3, -0.25) is 0 Å². The van der Waals surface area contributed by atoms with Crippen LogP contribution < -0.4 is 4.74 Å². The first-order chi connectivity index (χ1) is 12.3. The summed E-state index contributed by atoms with van der Waals surface area (Å²) in [5.74, 6) is 0.264. The highest BCUT2D eigenvalue weighted by Crippen LogP contribution is 2.17. The number of benzene rings is 2. The van der Waals surface area contributed by atoms with Crippen LogP contribution in [0.3, 0.4) is 0 Å². The second-order valence-corrected chi connectivity index (χ2v) is 5.82. The van der Waals surface area contributed by atoms with E-state index in [2.05, 4.69) is 6.07 Å². The van der Waals surface area contributed by atoms with E-state index in [1.165, 1.54) is 0 Å². The zero-order valence-corrected chi connectivity index (χ0v) is 13.8. The topological polar surface area (TPSA) is 68.5 Å². The molecule has 128 valence electrons. The van der Waals surface area contributed by atoms with Gasteiger partial charge in [0.25, 0.3) is 0 Å². The second-order valence-electron chi connectivity index (χ2n) is 5.82. The molecule has 1 aliphatic rings. The van der Waals surface area contributed by atoms with E-state index < -0.39 is 5.97 Å². The summed E-state index contributed by atoms with van der Waals surface area (Å²) in [6.45, 7) is 1.39. The number of ether oxygens (including phenoxy) is 3. The van der Waals surface area contributed by atoms with Crippen LogP contribution in [0.15, 0.2) is 48.5 Å². The smallest absolute Gasteiger partial charge is 0.338 e. The van der Waals surface area contributed by atoms with E-state index in [1.54, 1.807) is 42.5 Å². The fraction of sp³-hybridized carbons (Fsp3) is 0.300. The third-order valence-corrected chi connectivity index (χ3v) is 4.05. The normalized spacial score (nSPS) is 16.2. The van der Waals surface area contributed by atoms with Crippen molar-refractivity contribution in [1.82, 2.24) is 0 Å². The Morgan fingerprint density at radius 3 is 2.72 bits per heavy atom. The molecule has 0 unspecified atom stereocenters. The molecule has 5 nitrogen and oxygen atoms in total. The van der Waals surface area contributed by atoms with E-state index in [0.29, 0.717) is 29.0 Å². The molecule has 0 spiro atoms. The molecule has 2 aromatic carbocycles. The van der Waals surface area contributed by atoms with E-state index in [0.717, 1.165) is 19.4 Å². The predicted molar refractivity (Wildman–Crippen MR) is 91.2 cm³/mol. The molecule has 5 heteroatoms. The highest BCUT2D eigenvalue weighted by molar-refractivity contribution is 5.89. The Morgan fingerprint density at radius 1 is 1.20 bits per heavy atom. The van der Waals surface area contributed by atoms with Crippen molar-refractivity contribution in [2.45, 2.75) is 25.6 Å². The number of hydrogen-bond acceptors (Lipinski definition) is 5. The average molecular weight is 337 g/mol. The number of nitrogens with zero attached hydrogens (tertiary/aromatic N) is 1. The van der Waals surface area contributed by atoms with E-state index >= 15 is 0 Å². The molecule has 0 N–H and O–H groups in total. The molecule has 0 aromatic heterocycles. The molecule has 0 amide bonds. The first-order valence-corrected chi connectivity index (χ1v) is 8.26. The average Bonchev–Trinajstić information content (AvgIpc) is 3.18. The van der Waals surface area contributed by atoms with Gasteiger partial charge in [-0.2, -0.15) is 5.26 Å². The maximum absolute atomic E-state index is 12.1. The molecular weight excluding hydrogens is 318 g/mol. The Balaban J connectivity index is 1.52. The summed E-state index contributed by atoms with van der Waals surface area (Å²) in [5, 5.41) is 9.05. The van der Waals surface area contributed by atoms with Crippen molar-refractivity contribution in [2.75, 3.05) is 13.2 Å². The van der Waals surface area contributed by atoms with Crippen LogP contribution in [0, 0.1) is 11.3 Å². The van der Waals surface area contributed by atoms with Gasteiger partial charge in [0, 0.05) is 12.2 Å².